The molecular formula is C29H26NO+. The Morgan fingerprint density at radius 1 is 0.871 bits per heavy atom. The second kappa shape index (κ2) is 6.55. The number of pyridine rings is 1. The minimum atomic E-state index is 0.532. The fourth-order valence-electron chi connectivity index (χ4n) is 5.24. The third kappa shape index (κ3) is 2.61. The summed E-state index contributed by atoms with van der Waals surface area (Å²) in [6, 6.07) is 24.2. The summed E-state index contributed by atoms with van der Waals surface area (Å²) < 4.78 is 9.06. The predicted octanol–water partition coefficient (Wildman–Crippen LogP) is 7.25. The quantitative estimate of drug-likeness (QED) is 0.219. The van der Waals surface area contributed by atoms with Crippen molar-refractivity contribution in [2.75, 3.05) is 0 Å². The Bertz CT molecular complexity index is 1530. The first-order chi connectivity index (χ1) is 15.0. The first-order valence-electron chi connectivity index (χ1n) is 11.1. The predicted molar refractivity (Wildman–Crippen MR) is 129 cm³/mol. The average Bonchev–Trinajstić information content (AvgIpc) is 2.77. The molecule has 0 fully saturated rings. The third-order valence-electron chi connectivity index (χ3n) is 6.65. The van der Waals surface area contributed by atoms with Gasteiger partial charge in [-0.15, -0.1) is 0 Å². The molecule has 0 atom stereocenters. The molecule has 0 unspecified atom stereocenters. The lowest BCUT2D eigenvalue weighted by Crippen LogP contribution is -2.34. The summed E-state index contributed by atoms with van der Waals surface area (Å²) in [6.07, 6.45) is 0.981. The molecule has 0 aliphatic carbocycles. The molecule has 1 aromatic heterocycles. The summed E-state index contributed by atoms with van der Waals surface area (Å²) in [5.41, 5.74) is 6.36. The van der Waals surface area contributed by atoms with Gasteiger partial charge in [-0.25, -0.2) is 0 Å². The molecular weight excluding hydrogens is 378 g/mol. The number of benzene rings is 4. The molecule has 0 saturated heterocycles. The van der Waals surface area contributed by atoms with E-state index in [2.05, 4.69) is 99.1 Å². The van der Waals surface area contributed by atoms with Crippen molar-refractivity contribution in [1.82, 2.24) is 0 Å². The van der Waals surface area contributed by atoms with Gasteiger partial charge in [-0.3, -0.25) is 0 Å². The highest BCUT2D eigenvalue weighted by Gasteiger charge is 2.34. The second-order valence-electron chi connectivity index (χ2n) is 9.24. The molecule has 1 aliphatic rings. The zero-order chi connectivity index (χ0) is 21.3. The smallest absolute Gasteiger partial charge is 0.257 e. The normalized spacial score (nSPS) is 12.5. The highest BCUT2D eigenvalue weighted by molar-refractivity contribution is 6.06. The molecule has 6 rings (SSSR count). The minimum Gasteiger partial charge on any atom is -0.449 e. The van der Waals surface area contributed by atoms with E-state index < -0.39 is 0 Å². The number of rotatable bonds is 2. The van der Waals surface area contributed by atoms with Crippen molar-refractivity contribution >= 4 is 32.4 Å². The molecule has 0 N–H and O–H groups in total. The molecule has 0 bridgehead atoms. The van der Waals surface area contributed by atoms with E-state index in [-0.39, 0.29) is 0 Å². The van der Waals surface area contributed by atoms with Gasteiger partial charge < -0.3 is 4.74 Å². The standard InChI is InChI=1S/C29H26NO/c1-17(2)14-23-22-15-20-8-5-6-9-21(20)16-24(22)30(4)28-26-18(3)12-13-19-10-7-11-25(27(19)26)31-29(23)28/h5-13,15-17H,14H2,1-4H3/q+1. The van der Waals surface area contributed by atoms with Crippen molar-refractivity contribution in [2.45, 2.75) is 27.2 Å². The van der Waals surface area contributed by atoms with E-state index in [1.807, 2.05) is 0 Å². The number of aromatic nitrogens is 1. The van der Waals surface area contributed by atoms with Crippen LogP contribution in [0.1, 0.15) is 25.0 Å². The van der Waals surface area contributed by atoms with Crippen molar-refractivity contribution < 1.29 is 9.30 Å². The second-order valence-corrected chi connectivity index (χ2v) is 9.24. The fourth-order valence-corrected chi connectivity index (χ4v) is 5.24. The number of ether oxygens (including phenoxy) is 1. The van der Waals surface area contributed by atoms with Crippen molar-refractivity contribution in [3.63, 3.8) is 0 Å². The van der Waals surface area contributed by atoms with Crippen molar-refractivity contribution in [2.24, 2.45) is 13.0 Å². The molecule has 2 heterocycles. The van der Waals surface area contributed by atoms with Gasteiger partial charge in [-0.2, -0.15) is 4.57 Å². The van der Waals surface area contributed by atoms with Crippen LogP contribution in [0, 0.1) is 12.8 Å². The Morgan fingerprint density at radius 3 is 2.39 bits per heavy atom. The summed E-state index contributed by atoms with van der Waals surface area (Å²) in [6.45, 7) is 6.79. The van der Waals surface area contributed by atoms with E-state index in [4.69, 9.17) is 4.74 Å². The molecule has 4 aromatic carbocycles. The average molecular weight is 405 g/mol. The first-order valence-corrected chi connectivity index (χ1v) is 11.1. The zero-order valence-electron chi connectivity index (χ0n) is 18.5. The lowest BCUT2D eigenvalue weighted by Gasteiger charge is -2.24. The van der Waals surface area contributed by atoms with Crippen LogP contribution < -0.4 is 9.30 Å². The van der Waals surface area contributed by atoms with Crippen LogP contribution in [0.25, 0.3) is 43.7 Å². The van der Waals surface area contributed by atoms with Crippen LogP contribution in [0.3, 0.4) is 0 Å². The molecule has 5 aromatic rings. The number of fused-ring (bicyclic) bond motifs is 4. The zero-order valence-corrected chi connectivity index (χ0v) is 18.5. The van der Waals surface area contributed by atoms with Crippen molar-refractivity contribution in [3.05, 3.63) is 77.9 Å². The van der Waals surface area contributed by atoms with Gasteiger partial charge in [0.2, 0.25) is 11.3 Å². The molecule has 1 aliphatic heterocycles. The molecule has 2 nitrogen and oxygen atoms in total. The van der Waals surface area contributed by atoms with Gasteiger partial charge in [0.1, 0.15) is 12.8 Å². The van der Waals surface area contributed by atoms with Crippen molar-refractivity contribution in [1.29, 1.82) is 0 Å². The van der Waals surface area contributed by atoms with Gasteiger partial charge in [0.25, 0.3) is 5.69 Å². The van der Waals surface area contributed by atoms with Crippen LogP contribution >= 0.6 is 0 Å². The van der Waals surface area contributed by atoms with Gasteiger partial charge in [0, 0.05) is 17.0 Å². The van der Waals surface area contributed by atoms with Gasteiger partial charge in [0.05, 0.1) is 10.9 Å². The molecule has 31 heavy (non-hydrogen) atoms. The largest absolute Gasteiger partial charge is 0.449 e. The number of hydrogen-bond acceptors (Lipinski definition) is 1. The fraction of sp³-hybridized carbons (Fsp3) is 0.207. The number of aryl methyl sites for hydroxylation is 2. The SMILES string of the molecule is Cc1ccc2cccc3c2c1-c1c(c(CC(C)C)c2cc4ccccc4cc2[n+]1C)O3. The Hall–Kier alpha value is -3.39. The topological polar surface area (TPSA) is 13.1 Å². The highest BCUT2D eigenvalue weighted by atomic mass is 16.5. The Kier molecular flexibility index (Phi) is 3.89. The van der Waals surface area contributed by atoms with Crippen LogP contribution in [-0.2, 0) is 13.5 Å². The lowest BCUT2D eigenvalue weighted by molar-refractivity contribution is -0.633. The van der Waals surface area contributed by atoms with Crippen LogP contribution in [0.2, 0.25) is 0 Å². The van der Waals surface area contributed by atoms with Crippen LogP contribution in [-0.4, -0.2) is 0 Å². The first kappa shape index (κ1) is 18.4. The van der Waals surface area contributed by atoms with Gasteiger partial charge in [0.15, 0.2) is 0 Å². The van der Waals surface area contributed by atoms with Crippen LogP contribution in [0.15, 0.2) is 66.7 Å². The molecule has 0 spiro atoms. The summed E-state index contributed by atoms with van der Waals surface area (Å²) in [5, 5.41) is 6.29. The Balaban J connectivity index is 1.83. The highest BCUT2D eigenvalue weighted by Crippen LogP contribution is 2.49. The van der Waals surface area contributed by atoms with E-state index in [0.29, 0.717) is 5.92 Å². The lowest BCUT2D eigenvalue weighted by atomic mass is 9.89. The maximum absolute atomic E-state index is 6.72. The third-order valence-corrected chi connectivity index (χ3v) is 6.65. The number of hydrogen-bond donors (Lipinski definition) is 0. The van der Waals surface area contributed by atoms with E-state index in [0.717, 1.165) is 17.9 Å². The van der Waals surface area contributed by atoms with Crippen LogP contribution in [0.4, 0.5) is 0 Å². The maximum atomic E-state index is 6.72. The molecule has 0 saturated carbocycles. The van der Waals surface area contributed by atoms with E-state index in [1.165, 1.54) is 54.8 Å². The van der Waals surface area contributed by atoms with Gasteiger partial charge in [-0.05, 0) is 53.1 Å². The molecule has 0 radical (unpaired) electrons. The van der Waals surface area contributed by atoms with Gasteiger partial charge in [-0.1, -0.05) is 62.4 Å². The number of nitrogens with zero attached hydrogens (tertiary/aromatic N) is 1. The Labute approximate surface area is 182 Å². The van der Waals surface area contributed by atoms with Gasteiger partial charge >= 0.3 is 0 Å². The monoisotopic (exact) mass is 404 g/mol. The Morgan fingerprint density at radius 2 is 1.61 bits per heavy atom. The van der Waals surface area contributed by atoms with E-state index in [1.54, 1.807) is 0 Å². The summed E-state index contributed by atoms with van der Waals surface area (Å²) in [5.74, 6) is 2.52. The minimum absolute atomic E-state index is 0.532. The summed E-state index contributed by atoms with van der Waals surface area (Å²) in [4.78, 5) is 0. The molecule has 152 valence electrons. The summed E-state index contributed by atoms with van der Waals surface area (Å²) >= 11 is 0. The van der Waals surface area contributed by atoms with E-state index in [9.17, 15) is 0 Å². The van der Waals surface area contributed by atoms with E-state index >= 15 is 0 Å². The van der Waals surface area contributed by atoms with Crippen molar-refractivity contribution in [3.8, 4) is 22.8 Å². The maximum Gasteiger partial charge on any atom is 0.257 e. The molecule has 0 amide bonds. The summed E-state index contributed by atoms with van der Waals surface area (Å²) in [7, 11) is 2.19. The molecule has 2 heteroatoms. The van der Waals surface area contributed by atoms with Crippen LogP contribution in [0.5, 0.6) is 11.5 Å².